The molecular formula is C8H8FNO2S. The summed E-state index contributed by atoms with van der Waals surface area (Å²) in [5.41, 5.74) is 0. The fourth-order valence-corrected chi connectivity index (χ4v) is 0.839. The third-order valence-electron chi connectivity index (χ3n) is 1.25. The fourth-order valence-electron chi connectivity index (χ4n) is 0.710. The SMILES string of the molecule is O=C(NCS)Oc1ccc(F)cc1. The highest BCUT2D eigenvalue weighted by Gasteiger charge is 2.01. The molecule has 0 bridgehead atoms. The van der Waals surface area contributed by atoms with Gasteiger partial charge in [0.05, 0.1) is 5.88 Å². The van der Waals surface area contributed by atoms with Crippen LogP contribution < -0.4 is 10.1 Å². The molecule has 1 N–H and O–H groups in total. The molecule has 5 heteroatoms. The van der Waals surface area contributed by atoms with Gasteiger partial charge in [0.1, 0.15) is 11.6 Å². The quantitative estimate of drug-likeness (QED) is 0.565. The van der Waals surface area contributed by atoms with Gasteiger partial charge in [-0.3, -0.25) is 0 Å². The highest BCUT2D eigenvalue weighted by molar-refractivity contribution is 7.80. The second-order valence-electron chi connectivity index (χ2n) is 2.18. The summed E-state index contributed by atoms with van der Waals surface area (Å²) in [5, 5.41) is 2.32. The molecule has 0 saturated carbocycles. The summed E-state index contributed by atoms with van der Waals surface area (Å²) in [4.78, 5) is 10.8. The fraction of sp³-hybridized carbons (Fsp3) is 0.125. The van der Waals surface area contributed by atoms with E-state index in [1.807, 2.05) is 0 Å². The van der Waals surface area contributed by atoms with Crippen LogP contribution in [0.25, 0.3) is 0 Å². The van der Waals surface area contributed by atoms with Crippen LogP contribution >= 0.6 is 12.6 Å². The monoisotopic (exact) mass is 201 g/mol. The molecule has 0 heterocycles. The molecule has 1 amide bonds. The Bertz CT molecular complexity index is 289. The molecule has 0 atom stereocenters. The molecule has 0 radical (unpaired) electrons. The Morgan fingerprint density at radius 1 is 1.46 bits per heavy atom. The lowest BCUT2D eigenvalue weighted by atomic mass is 10.3. The number of carbonyl (C=O) groups excluding carboxylic acids is 1. The van der Waals surface area contributed by atoms with Crippen molar-refractivity contribution in [2.75, 3.05) is 5.88 Å². The Balaban J connectivity index is 2.54. The molecule has 1 rings (SSSR count). The Hall–Kier alpha value is -1.23. The van der Waals surface area contributed by atoms with Gasteiger partial charge in [0.2, 0.25) is 0 Å². The van der Waals surface area contributed by atoms with Crippen molar-refractivity contribution < 1.29 is 13.9 Å². The van der Waals surface area contributed by atoms with Gasteiger partial charge in [-0.2, -0.15) is 12.6 Å². The maximum Gasteiger partial charge on any atom is 0.413 e. The molecule has 0 aliphatic heterocycles. The van der Waals surface area contributed by atoms with Crippen molar-refractivity contribution in [2.45, 2.75) is 0 Å². The summed E-state index contributed by atoms with van der Waals surface area (Å²) in [6.07, 6.45) is -0.610. The number of ether oxygens (including phenoxy) is 1. The first kappa shape index (κ1) is 9.85. The zero-order valence-corrected chi connectivity index (χ0v) is 7.55. The van der Waals surface area contributed by atoms with E-state index in [-0.39, 0.29) is 11.7 Å². The third kappa shape index (κ3) is 3.33. The van der Waals surface area contributed by atoms with E-state index in [1.54, 1.807) is 0 Å². The number of rotatable bonds is 2. The number of nitrogens with one attached hydrogen (secondary N) is 1. The number of carbonyl (C=O) groups is 1. The summed E-state index contributed by atoms with van der Waals surface area (Å²) < 4.78 is 17.1. The van der Waals surface area contributed by atoms with Crippen molar-refractivity contribution in [3.63, 3.8) is 0 Å². The number of hydrogen-bond acceptors (Lipinski definition) is 3. The van der Waals surface area contributed by atoms with Crippen LogP contribution in [-0.4, -0.2) is 12.0 Å². The molecule has 0 saturated heterocycles. The van der Waals surface area contributed by atoms with Gasteiger partial charge in [0.15, 0.2) is 0 Å². The molecule has 1 aromatic rings. The topological polar surface area (TPSA) is 38.3 Å². The number of amides is 1. The molecule has 0 unspecified atom stereocenters. The maximum atomic E-state index is 12.4. The molecule has 0 aliphatic rings. The molecule has 70 valence electrons. The Morgan fingerprint density at radius 3 is 2.62 bits per heavy atom. The van der Waals surface area contributed by atoms with Crippen LogP contribution in [0.5, 0.6) is 5.75 Å². The lowest BCUT2D eigenvalue weighted by Crippen LogP contribution is -2.25. The second kappa shape index (κ2) is 4.71. The summed E-state index contributed by atoms with van der Waals surface area (Å²) in [6, 6.07) is 5.16. The minimum absolute atomic E-state index is 0.194. The predicted molar refractivity (Wildman–Crippen MR) is 49.4 cm³/mol. The first-order chi connectivity index (χ1) is 6.22. The largest absolute Gasteiger partial charge is 0.413 e. The van der Waals surface area contributed by atoms with Crippen molar-refractivity contribution in [3.05, 3.63) is 30.1 Å². The van der Waals surface area contributed by atoms with E-state index in [9.17, 15) is 9.18 Å². The molecule has 0 aliphatic carbocycles. The van der Waals surface area contributed by atoms with Crippen LogP contribution in [-0.2, 0) is 0 Å². The maximum absolute atomic E-state index is 12.4. The lowest BCUT2D eigenvalue weighted by Gasteiger charge is -2.03. The number of benzene rings is 1. The van der Waals surface area contributed by atoms with Crippen molar-refractivity contribution in [3.8, 4) is 5.75 Å². The highest BCUT2D eigenvalue weighted by Crippen LogP contribution is 2.10. The lowest BCUT2D eigenvalue weighted by molar-refractivity contribution is 0.202. The Morgan fingerprint density at radius 2 is 2.08 bits per heavy atom. The first-order valence-corrected chi connectivity index (χ1v) is 4.17. The average Bonchev–Trinajstić information content (AvgIpc) is 2.09. The van der Waals surface area contributed by atoms with Crippen molar-refractivity contribution in [2.24, 2.45) is 0 Å². The molecule has 3 nitrogen and oxygen atoms in total. The van der Waals surface area contributed by atoms with E-state index in [1.165, 1.54) is 24.3 Å². The summed E-state index contributed by atoms with van der Waals surface area (Å²) in [6.45, 7) is 0. The van der Waals surface area contributed by atoms with Gasteiger partial charge in [0, 0.05) is 0 Å². The molecular weight excluding hydrogens is 193 g/mol. The van der Waals surface area contributed by atoms with Crippen molar-refractivity contribution in [1.29, 1.82) is 0 Å². The van der Waals surface area contributed by atoms with Gasteiger partial charge >= 0.3 is 6.09 Å². The van der Waals surface area contributed by atoms with E-state index in [0.717, 1.165) is 0 Å². The Kier molecular flexibility index (Phi) is 3.57. The van der Waals surface area contributed by atoms with Gasteiger partial charge in [0.25, 0.3) is 0 Å². The third-order valence-corrected chi connectivity index (χ3v) is 1.41. The summed E-state index contributed by atoms with van der Waals surface area (Å²) >= 11 is 3.77. The number of thiol groups is 1. The minimum Gasteiger partial charge on any atom is -0.410 e. The Labute approximate surface area is 80.3 Å². The van der Waals surface area contributed by atoms with E-state index < -0.39 is 6.09 Å². The van der Waals surface area contributed by atoms with Gasteiger partial charge in [-0.25, -0.2) is 9.18 Å². The van der Waals surface area contributed by atoms with Crippen LogP contribution in [0.3, 0.4) is 0 Å². The highest BCUT2D eigenvalue weighted by atomic mass is 32.1. The van der Waals surface area contributed by atoms with Gasteiger partial charge < -0.3 is 10.1 Å². The van der Waals surface area contributed by atoms with Gasteiger partial charge in [-0.05, 0) is 24.3 Å². The number of halogens is 1. The van der Waals surface area contributed by atoms with Gasteiger partial charge in [-0.1, -0.05) is 0 Å². The minimum atomic E-state index is -0.610. The van der Waals surface area contributed by atoms with E-state index in [4.69, 9.17) is 4.74 Å². The molecule has 0 spiro atoms. The molecule has 13 heavy (non-hydrogen) atoms. The molecule has 1 aromatic carbocycles. The summed E-state index contributed by atoms with van der Waals surface area (Å²) in [5.74, 6) is 0.114. The van der Waals surface area contributed by atoms with E-state index in [2.05, 4.69) is 17.9 Å². The normalized spacial score (nSPS) is 9.38. The average molecular weight is 201 g/mol. The van der Waals surface area contributed by atoms with Crippen LogP contribution in [0.15, 0.2) is 24.3 Å². The summed E-state index contributed by atoms with van der Waals surface area (Å²) in [7, 11) is 0. The zero-order valence-electron chi connectivity index (χ0n) is 6.66. The smallest absolute Gasteiger partial charge is 0.410 e. The van der Waals surface area contributed by atoms with Crippen LogP contribution in [0.4, 0.5) is 9.18 Å². The van der Waals surface area contributed by atoms with Crippen LogP contribution in [0, 0.1) is 5.82 Å². The molecule has 0 aromatic heterocycles. The zero-order chi connectivity index (χ0) is 9.68. The van der Waals surface area contributed by atoms with Crippen LogP contribution in [0.2, 0.25) is 0 Å². The van der Waals surface area contributed by atoms with Gasteiger partial charge in [-0.15, -0.1) is 0 Å². The molecule has 0 fully saturated rings. The predicted octanol–water partition coefficient (Wildman–Crippen LogP) is 1.80. The van der Waals surface area contributed by atoms with Crippen molar-refractivity contribution >= 4 is 18.7 Å². The number of hydrogen-bond donors (Lipinski definition) is 2. The first-order valence-electron chi connectivity index (χ1n) is 3.54. The van der Waals surface area contributed by atoms with E-state index >= 15 is 0 Å². The van der Waals surface area contributed by atoms with Crippen molar-refractivity contribution in [1.82, 2.24) is 5.32 Å². The van der Waals surface area contributed by atoms with Crippen LogP contribution in [0.1, 0.15) is 0 Å². The standard InChI is InChI=1S/C8H8FNO2S/c9-6-1-3-7(4-2-6)12-8(11)10-5-13/h1-4,13H,5H2,(H,10,11). The second-order valence-corrected chi connectivity index (χ2v) is 2.49. The van der Waals surface area contributed by atoms with E-state index in [0.29, 0.717) is 5.75 Å².